The topological polar surface area (TPSA) is 125 Å². The molecule has 3 rings (SSSR count). The number of rotatable bonds is 4. The average molecular weight is 381 g/mol. The van der Waals surface area contributed by atoms with E-state index in [0.29, 0.717) is 11.1 Å². The third-order valence-electron chi connectivity index (χ3n) is 3.20. The first kappa shape index (κ1) is 16.8. The largest absolute Gasteiger partial charge is 0.416 e. The van der Waals surface area contributed by atoms with Crippen LogP contribution in [0.5, 0.6) is 0 Å². The molecular weight excluding hydrogens is 375 g/mol. The van der Waals surface area contributed by atoms with E-state index in [0.717, 1.165) is 0 Å². The van der Waals surface area contributed by atoms with Crippen LogP contribution in [-0.4, -0.2) is 20.0 Å². The van der Waals surface area contributed by atoms with Crippen molar-refractivity contribution >= 4 is 34.6 Å². The number of aromatic nitrogens is 2. The Hall–Kier alpha value is -3.04. The minimum atomic E-state index is -0.633. The molecule has 3 aromatic rings. The zero-order chi connectivity index (χ0) is 18.1. The lowest BCUT2D eigenvalue weighted by Gasteiger charge is -1.99. The molecule has 0 bridgehead atoms. The Morgan fingerprint density at radius 2 is 1.20 bits per heavy atom. The van der Waals surface area contributed by atoms with Gasteiger partial charge in [-0.05, 0) is 24.3 Å². The molecule has 0 radical (unpaired) electrons. The fraction of sp³-hybridized carbons (Fsp3) is 0. The summed E-state index contributed by atoms with van der Waals surface area (Å²) in [4.78, 5) is 20.6. The molecule has 25 heavy (non-hydrogen) atoms. The van der Waals surface area contributed by atoms with Gasteiger partial charge in [-0.15, -0.1) is 10.2 Å². The average Bonchev–Trinajstić information content (AvgIpc) is 3.05. The monoisotopic (exact) mass is 380 g/mol. The van der Waals surface area contributed by atoms with Crippen LogP contribution in [0.1, 0.15) is 0 Å². The summed E-state index contributed by atoms with van der Waals surface area (Å²) in [7, 11) is 0. The molecule has 0 aliphatic heterocycles. The molecule has 2 aromatic carbocycles. The predicted octanol–water partition coefficient (Wildman–Crippen LogP) is 4.53. The van der Waals surface area contributed by atoms with E-state index in [4.69, 9.17) is 27.6 Å². The van der Waals surface area contributed by atoms with Gasteiger partial charge in [0, 0.05) is 23.3 Å². The van der Waals surface area contributed by atoms with Gasteiger partial charge in [-0.25, -0.2) is 0 Å². The van der Waals surface area contributed by atoms with Gasteiger partial charge in [0.1, 0.15) is 10.0 Å². The molecule has 1 heterocycles. The maximum Gasteiger partial charge on any atom is 0.288 e. The summed E-state index contributed by atoms with van der Waals surface area (Å²) >= 11 is 11.5. The molecule has 0 aliphatic carbocycles. The van der Waals surface area contributed by atoms with Gasteiger partial charge >= 0.3 is 0 Å². The smallest absolute Gasteiger partial charge is 0.288 e. The molecular formula is C14H6Cl2N4O5. The van der Waals surface area contributed by atoms with E-state index in [-0.39, 0.29) is 33.2 Å². The van der Waals surface area contributed by atoms with E-state index in [1.807, 2.05) is 0 Å². The van der Waals surface area contributed by atoms with Gasteiger partial charge < -0.3 is 4.42 Å². The second-order valence-electron chi connectivity index (χ2n) is 4.76. The summed E-state index contributed by atoms with van der Waals surface area (Å²) in [6.07, 6.45) is 0. The molecule has 0 spiro atoms. The molecule has 1 aromatic heterocycles. The lowest BCUT2D eigenvalue weighted by Crippen LogP contribution is -1.90. The predicted molar refractivity (Wildman–Crippen MR) is 88.5 cm³/mol. The molecule has 11 heteroatoms. The van der Waals surface area contributed by atoms with Crippen LogP contribution in [0.2, 0.25) is 10.0 Å². The number of nitrogens with zero attached hydrogens (tertiary/aromatic N) is 4. The van der Waals surface area contributed by atoms with Gasteiger partial charge in [-0.1, -0.05) is 23.2 Å². The SMILES string of the molecule is O=[N+]([O-])c1cc(-c2nnc(-c3ccc(Cl)c([N+](=O)[O-])c3)o2)ccc1Cl. The third-order valence-corrected chi connectivity index (χ3v) is 3.84. The highest BCUT2D eigenvalue weighted by molar-refractivity contribution is 6.33. The zero-order valence-electron chi connectivity index (χ0n) is 12.1. The van der Waals surface area contributed by atoms with Crippen LogP contribution in [0.4, 0.5) is 11.4 Å². The van der Waals surface area contributed by atoms with Crippen molar-refractivity contribution in [1.29, 1.82) is 0 Å². The van der Waals surface area contributed by atoms with Crippen LogP contribution in [-0.2, 0) is 0 Å². The number of nitro benzene ring substituents is 2. The summed E-state index contributed by atoms with van der Waals surface area (Å²) in [5.74, 6) is 0.0136. The summed E-state index contributed by atoms with van der Waals surface area (Å²) in [5.41, 5.74) is -0.0290. The van der Waals surface area contributed by atoms with Gasteiger partial charge in [0.25, 0.3) is 11.4 Å². The molecule has 0 unspecified atom stereocenters. The molecule has 0 amide bonds. The van der Waals surface area contributed by atoms with Crippen molar-refractivity contribution in [2.45, 2.75) is 0 Å². The Balaban J connectivity index is 2.01. The van der Waals surface area contributed by atoms with E-state index < -0.39 is 9.85 Å². The van der Waals surface area contributed by atoms with Crippen LogP contribution in [0.25, 0.3) is 22.9 Å². The van der Waals surface area contributed by atoms with Crippen molar-refractivity contribution in [1.82, 2.24) is 10.2 Å². The molecule has 0 aliphatic rings. The van der Waals surface area contributed by atoms with Crippen LogP contribution in [0.15, 0.2) is 40.8 Å². The molecule has 126 valence electrons. The first-order valence-electron chi connectivity index (χ1n) is 6.59. The standard InChI is InChI=1S/C14H6Cl2N4O5/c15-9-3-1-7(5-11(9)19(21)22)13-17-18-14(25-13)8-2-4-10(16)12(6-8)20(23)24/h1-6H. The third kappa shape index (κ3) is 3.28. The summed E-state index contributed by atoms with van der Waals surface area (Å²) in [6, 6.07) is 8.04. The van der Waals surface area contributed by atoms with Gasteiger partial charge in [-0.2, -0.15) is 0 Å². The Morgan fingerprint density at radius 1 is 0.800 bits per heavy atom. The first-order chi connectivity index (χ1) is 11.9. The Labute approximate surface area is 149 Å². The minimum absolute atomic E-state index is 0.00682. The van der Waals surface area contributed by atoms with Gasteiger partial charge in [0.15, 0.2) is 0 Å². The maximum absolute atomic E-state index is 10.9. The molecule has 0 saturated carbocycles. The Bertz CT molecular complexity index is 927. The molecule has 0 saturated heterocycles. The number of halogens is 2. The second kappa shape index (κ2) is 6.46. The molecule has 0 atom stereocenters. The Kier molecular flexibility index (Phi) is 4.34. The lowest BCUT2D eigenvalue weighted by molar-refractivity contribution is -0.384. The normalized spacial score (nSPS) is 10.6. The number of hydrogen-bond acceptors (Lipinski definition) is 7. The van der Waals surface area contributed by atoms with Gasteiger partial charge in [0.05, 0.1) is 9.85 Å². The fourth-order valence-electron chi connectivity index (χ4n) is 2.03. The van der Waals surface area contributed by atoms with Crippen LogP contribution >= 0.6 is 23.2 Å². The lowest BCUT2D eigenvalue weighted by atomic mass is 10.2. The van der Waals surface area contributed by atoms with Crippen molar-refractivity contribution in [3.63, 3.8) is 0 Å². The second-order valence-corrected chi connectivity index (χ2v) is 5.57. The van der Waals surface area contributed by atoms with Crippen LogP contribution in [0.3, 0.4) is 0 Å². The molecule has 0 fully saturated rings. The maximum atomic E-state index is 10.9. The summed E-state index contributed by atoms with van der Waals surface area (Å²) in [5, 5.41) is 29.4. The number of hydrogen-bond donors (Lipinski definition) is 0. The number of nitro groups is 2. The highest BCUT2D eigenvalue weighted by Gasteiger charge is 2.19. The molecule has 0 N–H and O–H groups in total. The van der Waals surface area contributed by atoms with E-state index >= 15 is 0 Å². The molecule has 9 nitrogen and oxygen atoms in total. The van der Waals surface area contributed by atoms with Crippen molar-refractivity contribution in [2.24, 2.45) is 0 Å². The van der Waals surface area contributed by atoms with Crippen molar-refractivity contribution in [2.75, 3.05) is 0 Å². The van der Waals surface area contributed by atoms with E-state index in [9.17, 15) is 20.2 Å². The highest BCUT2D eigenvalue weighted by Crippen LogP contribution is 2.33. The Morgan fingerprint density at radius 3 is 1.56 bits per heavy atom. The van der Waals surface area contributed by atoms with E-state index in [1.165, 1.54) is 36.4 Å². The summed E-state index contributed by atoms with van der Waals surface area (Å²) in [6.45, 7) is 0. The van der Waals surface area contributed by atoms with Gasteiger partial charge in [-0.3, -0.25) is 20.2 Å². The first-order valence-corrected chi connectivity index (χ1v) is 7.34. The minimum Gasteiger partial charge on any atom is -0.416 e. The number of benzene rings is 2. The van der Waals surface area contributed by atoms with Gasteiger partial charge in [0.2, 0.25) is 11.8 Å². The quantitative estimate of drug-likeness (QED) is 0.480. The van der Waals surface area contributed by atoms with Crippen molar-refractivity contribution < 1.29 is 14.3 Å². The van der Waals surface area contributed by atoms with E-state index in [1.54, 1.807) is 0 Å². The highest BCUT2D eigenvalue weighted by atomic mass is 35.5. The van der Waals surface area contributed by atoms with E-state index in [2.05, 4.69) is 10.2 Å². The van der Waals surface area contributed by atoms with Crippen LogP contribution in [0, 0.1) is 20.2 Å². The fourth-order valence-corrected chi connectivity index (χ4v) is 2.40. The van der Waals surface area contributed by atoms with Crippen molar-refractivity contribution in [3.05, 3.63) is 66.7 Å². The van der Waals surface area contributed by atoms with Crippen molar-refractivity contribution in [3.8, 4) is 22.9 Å². The zero-order valence-corrected chi connectivity index (χ0v) is 13.6. The summed E-state index contributed by atoms with van der Waals surface area (Å²) < 4.78 is 5.45. The van der Waals surface area contributed by atoms with Crippen LogP contribution < -0.4 is 0 Å².